The van der Waals surface area contributed by atoms with E-state index in [4.69, 9.17) is 9.47 Å². The van der Waals surface area contributed by atoms with Crippen molar-refractivity contribution in [2.24, 2.45) is 0 Å². The average Bonchev–Trinajstić information content (AvgIpc) is 2.70. The monoisotopic (exact) mass is 412 g/mol. The Labute approximate surface area is 162 Å². The van der Waals surface area contributed by atoms with Crippen LogP contribution in [0.3, 0.4) is 0 Å². The van der Waals surface area contributed by atoms with Gasteiger partial charge in [-0.25, -0.2) is 0 Å². The number of benzene rings is 3. The highest BCUT2D eigenvalue weighted by molar-refractivity contribution is 9.09. The van der Waals surface area contributed by atoms with Gasteiger partial charge in [-0.3, -0.25) is 0 Å². The Bertz CT molecular complexity index is 780. The Morgan fingerprint density at radius 3 is 1.85 bits per heavy atom. The van der Waals surface area contributed by atoms with Crippen LogP contribution in [0.5, 0.6) is 5.75 Å². The number of hydrogen-bond acceptors (Lipinski definition) is 3. The summed E-state index contributed by atoms with van der Waals surface area (Å²) in [4.78, 5) is 0. The zero-order chi connectivity index (χ0) is 18.4. The van der Waals surface area contributed by atoms with Crippen LogP contribution in [0, 0.1) is 0 Å². The molecule has 3 aromatic rings. The van der Waals surface area contributed by atoms with Crippen molar-refractivity contribution in [1.29, 1.82) is 0 Å². The largest absolute Gasteiger partial charge is 0.496 e. The minimum Gasteiger partial charge on any atom is -0.496 e. The molecule has 0 fully saturated rings. The van der Waals surface area contributed by atoms with E-state index in [0.29, 0.717) is 0 Å². The number of aliphatic hydroxyl groups excluding tert-OH is 1. The number of methoxy groups -OCH3 is 1. The van der Waals surface area contributed by atoms with Crippen LogP contribution in [0.2, 0.25) is 0 Å². The molecule has 0 saturated carbocycles. The Balaban J connectivity index is 2.31. The number of ether oxygens (including phenoxy) is 2. The molecule has 0 aromatic heterocycles. The standard InChI is InChI=1S/C22H21BrO3/c1-25-20-15-9-8-14-19(20)22(26-16-21(23)24,17-10-4-2-5-11-17)18-12-6-3-7-13-18/h2-15,21,24H,16H2,1H3. The van der Waals surface area contributed by atoms with Gasteiger partial charge >= 0.3 is 0 Å². The lowest BCUT2D eigenvalue weighted by atomic mass is 9.79. The van der Waals surface area contributed by atoms with Crippen molar-refractivity contribution >= 4 is 15.9 Å². The lowest BCUT2D eigenvalue weighted by molar-refractivity contribution is -0.0144. The molecule has 134 valence electrons. The topological polar surface area (TPSA) is 38.7 Å². The van der Waals surface area contributed by atoms with Crippen molar-refractivity contribution < 1.29 is 14.6 Å². The van der Waals surface area contributed by atoms with Gasteiger partial charge in [-0.15, -0.1) is 0 Å². The van der Waals surface area contributed by atoms with Gasteiger partial charge in [0.25, 0.3) is 0 Å². The highest BCUT2D eigenvalue weighted by Gasteiger charge is 2.40. The second kappa shape index (κ2) is 8.49. The molecule has 26 heavy (non-hydrogen) atoms. The van der Waals surface area contributed by atoms with Gasteiger partial charge in [0.15, 0.2) is 0 Å². The van der Waals surface area contributed by atoms with E-state index in [-0.39, 0.29) is 6.61 Å². The first-order valence-corrected chi connectivity index (χ1v) is 9.30. The summed E-state index contributed by atoms with van der Waals surface area (Å²) in [5.41, 5.74) is 1.89. The molecule has 0 aliphatic rings. The van der Waals surface area contributed by atoms with E-state index in [2.05, 4.69) is 15.9 Å². The maximum absolute atomic E-state index is 9.84. The SMILES string of the molecule is COc1ccccc1C(OCC(O)Br)(c1ccccc1)c1ccccc1. The molecule has 0 aliphatic heterocycles. The third-order valence-electron chi connectivity index (χ3n) is 4.28. The molecule has 1 unspecified atom stereocenters. The molecule has 4 heteroatoms. The summed E-state index contributed by atoms with van der Waals surface area (Å²) in [7, 11) is 1.65. The lowest BCUT2D eigenvalue weighted by Crippen LogP contribution is -2.35. The fraction of sp³-hybridized carbons (Fsp3) is 0.182. The molecule has 1 atom stereocenters. The Kier molecular flexibility index (Phi) is 6.09. The number of para-hydroxylation sites is 1. The van der Waals surface area contributed by atoms with Crippen molar-refractivity contribution in [2.75, 3.05) is 13.7 Å². The Morgan fingerprint density at radius 2 is 1.35 bits per heavy atom. The molecular weight excluding hydrogens is 392 g/mol. The molecule has 3 nitrogen and oxygen atoms in total. The maximum Gasteiger partial charge on any atom is 0.147 e. The minimum atomic E-state index is -0.913. The second-order valence-electron chi connectivity index (χ2n) is 5.86. The van der Waals surface area contributed by atoms with Crippen LogP contribution in [0.4, 0.5) is 0 Å². The van der Waals surface area contributed by atoms with Gasteiger partial charge in [-0.2, -0.15) is 0 Å². The zero-order valence-corrected chi connectivity index (χ0v) is 16.1. The summed E-state index contributed by atoms with van der Waals surface area (Å²) in [6, 6.07) is 27.8. The highest BCUT2D eigenvalue weighted by atomic mass is 79.9. The van der Waals surface area contributed by atoms with Gasteiger partial charge in [0.2, 0.25) is 0 Å². The summed E-state index contributed by atoms with van der Waals surface area (Å²) < 4.78 is 12.1. The van der Waals surface area contributed by atoms with Crippen molar-refractivity contribution in [3.05, 3.63) is 102 Å². The predicted octanol–water partition coefficient (Wildman–Crippen LogP) is 4.72. The van der Waals surface area contributed by atoms with E-state index in [9.17, 15) is 5.11 Å². The summed E-state index contributed by atoms with van der Waals surface area (Å²) in [6.45, 7) is 0.113. The summed E-state index contributed by atoms with van der Waals surface area (Å²) >= 11 is 3.18. The van der Waals surface area contributed by atoms with Gasteiger partial charge in [0.05, 0.1) is 13.7 Å². The van der Waals surface area contributed by atoms with Gasteiger partial charge in [0.1, 0.15) is 16.4 Å². The van der Waals surface area contributed by atoms with Crippen LogP contribution in [-0.4, -0.2) is 23.8 Å². The second-order valence-corrected chi connectivity index (χ2v) is 6.92. The first-order valence-electron chi connectivity index (χ1n) is 8.39. The quantitative estimate of drug-likeness (QED) is 0.450. The number of halogens is 1. The zero-order valence-electron chi connectivity index (χ0n) is 14.5. The Morgan fingerprint density at radius 1 is 0.846 bits per heavy atom. The van der Waals surface area contributed by atoms with Crippen molar-refractivity contribution in [2.45, 2.75) is 10.6 Å². The van der Waals surface area contributed by atoms with E-state index >= 15 is 0 Å². The van der Waals surface area contributed by atoms with E-state index in [1.807, 2.05) is 84.9 Å². The molecule has 0 aliphatic carbocycles. The van der Waals surface area contributed by atoms with Gasteiger partial charge in [0, 0.05) is 5.56 Å². The molecule has 0 saturated heterocycles. The van der Waals surface area contributed by atoms with Crippen LogP contribution in [0.1, 0.15) is 16.7 Å². The maximum atomic E-state index is 9.84. The fourth-order valence-electron chi connectivity index (χ4n) is 3.20. The summed E-state index contributed by atoms with van der Waals surface area (Å²) in [5.74, 6) is 0.726. The van der Waals surface area contributed by atoms with Gasteiger partial charge < -0.3 is 14.6 Å². The molecule has 1 N–H and O–H groups in total. The molecule has 0 spiro atoms. The van der Waals surface area contributed by atoms with Crippen LogP contribution in [-0.2, 0) is 10.3 Å². The predicted molar refractivity (Wildman–Crippen MR) is 107 cm³/mol. The molecule has 0 radical (unpaired) electrons. The molecule has 0 bridgehead atoms. The van der Waals surface area contributed by atoms with E-state index in [0.717, 1.165) is 22.4 Å². The van der Waals surface area contributed by atoms with Crippen molar-refractivity contribution in [1.82, 2.24) is 0 Å². The average molecular weight is 413 g/mol. The summed E-state index contributed by atoms with van der Waals surface area (Å²) in [6.07, 6.45) is 0. The van der Waals surface area contributed by atoms with Crippen molar-refractivity contribution in [3.8, 4) is 5.75 Å². The van der Waals surface area contributed by atoms with Crippen molar-refractivity contribution in [3.63, 3.8) is 0 Å². The third-order valence-corrected chi connectivity index (χ3v) is 4.55. The number of alkyl halides is 1. The fourth-order valence-corrected chi connectivity index (χ4v) is 3.33. The van der Waals surface area contributed by atoms with E-state index in [1.165, 1.54) is 0 Å². The van der Waals surface area contributed by atoms with Crippen LogP contribution in [0.15, 0.2) is 84.9 Å². The smallest absolute Gasteiger partial charge is 0.147 e. The third kappa shape index (κ3) is 3.68. The van der Waals surface area contributed by atoms with Gasteiger partial charge in [-0.1, -0.05) is 94.8 Å². The summed E-state index contributed by atoms with van der Waals surface area (Å²) in [5, 5.41) is 9.07. The normalized spacial score (nSPS) is 12.6. The first-order chi connectivity index (χ1) is 12.7. The van der Waals surface area contributed by atoms with Crippen LogP contribution < -0.4 is 4.74 Å². The molecule has 0 amide bonds. The van der Waals surface area contributed by atoms with Crippen LogP contribution >= 0.6 is 15.9 Å². The molecular formula is C22H21BrO3. The Hall–Kier alpha value is -2.14. The highest BCUT2D eigenvalue weighted by Crippen LogP contribution is 2.44. The number of aliphatic hydroxyl groups is 1. The van der Waals surface area contributed by atoms with E-state index in [1.54, 1.807) is 7.11 Å². The molecule has 3 aromatic carbocycles. The number of hydrogen-bond donors (Lipinski definition) is 1. The number of rotatable bonds is 7. The van der Waals surface area contributed by atoms with Gasteiger partial charge in [-0.05, 0) is 17.2 Å². The minimum absolute atomic E-state index is 0.113. The van der Waals surface area contributed by atoms with Crippen LogP contribution in [0.25, 0.3) is 0 Å². The molecule has 3 rings (SSSR count). The first kappa shape index (κ1) is 18.6. The molecule has 0 heterocycles. The lowest BCUT2D eigenvalue weighted by Gasteiger charge is -2.37. The van der Waals surface area contributed by atoms with E-state index < -0.39 is 10.6 Å².